The third kappa shape index (κ3) is 3.16. The second kappa shape index (κ2) is 6.15. The third-order valence-corrected chi connectivity index (χ3v) is 6.05. The van der Waals surface area contributed by atoms with Crippen molar-refractivity contribution < 1.29 is 13.2 Å². The third-order valence-electron chi connectivity index (χ3n) is 3.12. The van der Waals surface area contributed by atoms with Gasteiger partial charge in [0.15, 0.2) is 0 Å². The summed E-state index contributed by atoms with van der Waals surface area (Å²) in [6.07, 6.45) is 1.77. The van der Waals surface area contributed by atoms with Crippen LogP contribution >= 0.6 is 11.8 Å². The molecule has 7 heteroatoms. The number of anilines is 1. The molecule has 2 rings (SSSR count). The lowest BCUT2D eigenvalue weighted by Gasteiger charge is -2.20. The summed E-state index contributed by atoms with van der Waals surface area (Å²) in [5, 5.41) is 2.71. The molecule has 1 heterocycles. The molecule has 1 amide bonds. The summed E-state index contributed by atoms with van der Waals surface area (Å²) in [5.41, 5.74) is 0.580. The van der Waals surface area contributed by atoms with Gasteiger partial charge in [-0.05, 0) is 24.6 Å². The van der Waals surface area contributed by atoms with Crippen LogP contribution in [0.1, 0.15) is 19.8 Å². The minimum absolute atomic E-state index is 0.101. The van der Waals surface area contributed by atoms with Crippen molar-refractivity contribution >= 4 is 33.4 Å². The molecule has 110 valence electrons. The summed E-state index contributed by atoms with van der Waals surface area (Å²) in [6, 6.07) is 4.89. The predicted molar refractivity (Wildman–Crippen MR) is 80.5 cm³/mol. The minimum Gasteiger partial charge on any atom is -0.324 e. The molecule has 0 saturated carbocycles. The number of sulfonamides is 1. The van der Waals surface area contributed by atoms with E-state index in [1.165, 1.54) is 22.1 Å². The second-order valence-corrected chi connectivity index (χ2v) is 7.74. The number of nitrogens with zero attached hydrogens (tertiary/aromatic N) is 1. The van der Waals surface area contributed by atoms with Crippen LogP contribution in [0.4, 0.5) is 5.69 Å². The second-order valence-electron chi connectivity index (χ2n) is 4.67. The molecule has 0 aliphatic carbocycles. The monoisotopic (exact) mass is 314 g/mol. The van der Waals surface area contributed by atoms with Crippen LogP contribution in [0.15, 0.2) is 28.0 Å². The van der Waals surface area contributed by atoms with Crippen LogP contribution in [0.25, 0.3) is 0 Å². The van der Waals surface area contributed by atoms with Gasteiger partial charge in [0.05, 0.1) is 16.3 Å². The Kier molecular flexibility index (Phi) is 4.72. The number of amides is 1. The largest absolute Gasteiger partial charge is 0.324 e. The highest BCUT2D eigenvalue weighted by Gasteiger charge is 2.23. The van der Waals surface area contributed by atoms with Crippen molar-refractivity contribution in [1.82, 2.24) is 4.31 Å². The van der Waals surface area contributed by atoms with E-state index in [0.717, 1.165) is 17.7 Å². The van der Waals surface area contributed by atoms with Gasteiger partial charge in [-0.15, -0.1) is 11.8 Å². The molecule has 0 bridgehead atoms. The first-order valence-corrected chi connectivity index (χ1v) is 8.90. The minimum atomic E-state index is -3.49. The topological polar surface area (TPSA) is 66.5 Å². The summed E-state index contributed by atoms with van der Waals surface area (Å²) < 4.78 is 26.2. The Morgan fingerprint density at radius 3 is 2.85 bits per heavy atom. The van der Waals surface area contributed by atoms with Gasteiger partial charge in [-0.1, -0.05) is 13.3 Å². The van der Waals surface area contributed by atoms with E-state index in [4.69, 9.17) is 0 Å². The molecule has 0 fully saturated rings. The zero-order chi connectivity index (χ0) is 14.8. The molecule has 0 unspecified atom stereocenters. The van der Waals surface area contributed by atoms with Crippen LogP contribution in [0.2, 0.25) is 0 Å². The molecule has 1 aliphatic rings. The van der Waals surface area contributed by atoms with Gasteiger partial charge in [0, 0.05) is 18.5 Å². The highest BCUT2D eigenvalue weighted by molar-refractivity contribution is 8.00. The molecule has 1 aliphatic heterocycles. The zero-order valence-corrected chi connectivity index (χ0v) is 13.2. The Labute approximate surface area is 123 Å². The number of hydrogen-bond donors (Lipinski definition) is 1. The van der Waals surface area contributed by atoms with Gasteiger partial charge in [-0.3, -0.25) is 4.79 Å². The van der Waals surface area contributed by atoms with Gasteiger partial charge in [0.1, 0.15) is 0 Å². The zero-order valence-electron chi connectivity index (χ0n) is 11.5. The Morgan fingerprint density at radius 1 is 1.40 bits per heavy atom. The number of hydrogen-bond acceptors (Lipinski definition) is 4. The van der Waals surface area contributed by atoms with Crippen molar-refractivity contribution in [3.63, 3.8) is 0 Å². The van der Waals surface area contributed by atoms with Crippen LogP contribution in [-0.4, -0.2) is 38.0 Å². The number of unbranched alkanes of at least 4 members (excludes halogenated alkanes) is 1. The fourth-order valence-electron chi connectivity index (χ4n) is 1.90. The molecule has 5 nitrogen and oxygen atoms in total. The number of fused-ring (bicyclic) bond motifs is 1. The summed E-state index contributed by atoms with van der Waals surface area (Å²) in [7, 11) is -1.91. The number of carbonyl (C=O) groups excluding carboxylic acids is 1. The lowest BCUT2D eigenvalue weighted by molar-refractivity contribution is -0.113. The maximum atomic E-state index is 12.4. The van der Waals surface area contributed by atoms with E-state index >= 15 is 0 Å². The average molecular weight is 314 g/mol. The Balaban J connectivity index is 2.28. The molecule has 1 aromatic carbocycles. The Bertz CT molecular complexity index is 614. The molecule has 1 aromatic rings. The number of nitrogens with one attached hydrogen (secondary N) is 1. The number of thioether (sulfide) groups is 1. The van der Waals surface area contributed by atoms with Gasteiger partial charge in [-0.25, -0.2) is 12.7 Å². The van der Waals surface area contributed by atoms with Gasteiger partial charge in [0.2, 0.25) is 15.9 Å². The van der Waals surface area contributed by atoms with Gasteiger partial charge in [-0.2, -0.15) is 0 Å². The van der Waals surface area contributed by atoms with E-state index < -0.39 is 10.0 Å². The molecule has 0 radical (unpaired) electrons. The van der Waals surface area contributed by atoms with Crippen LogP contribution < -0.4 is 5.32 Å². The molecular weight excluding hydrogens is 296 g/mol. The van der Waals surface area contributed by atoms with Crippen LogP contribution in [0.3, 0.4) is 0 Å². The summed E-state index contributed by atoms with van der Waals surface area (Å²) in [4.78, 5) is 12.5. The normalized spacial score (nSPS) is 15.1. The molecule has 0 aromatic heterocycles. The van der Waals surface area contributed by atoms with Crippen LogP contribution in [0.5, 0.6) is 0 Å². The number of rotatable bonds is 5. The van der Waals surface area contributed by atoms with E-state index in [9.17, 15) is 13.2 Å². The molecule has 0 spiro atoms. The van der Waals surface area contributed by atoms with Gasteiger partial charge < -0.3 is 5.32 Å². The molecule has 1 N–H and O–H groups in total. The Hall–Kier alpha value is -1.05. The number of benzene rings is 1. The quantitative estimate of drug-likeness (QED) is 0.904. The van der Waals surface area contributed by atoms with Crippen molar-refractivity contribution in [1.29, 1.82) is 0 Å². The van der Waals surface area contributed by atoms with E-state index in [2.05, 4.69) is 5.32 Å². The van der Waals surface area contributed by atoms with E-state index in [1.54, 1.807) is 19.2 Å². The molecule has 0 saturated heterocycles. The van der Waals surface area contributed by atoms with Crippen molar-refractivity contribution in [2.24, 2.45) is 0 Å². The van der Waals surface area contributed by atoms with Crippen molar-refractivity contribution in [2.75, 3.05) is 24.7 Å². The van der Waals surface area contributed by atoms with Gasteiger partial charge >= 0.3 is 0 Å². The van der Waals surface area contributed by atoms with Crippen molar-refractivity contribution in [3.05, 3.63) is 18.2 Å². The average Bonchev–Trinajstić information content (AvgIpc) is 2.43. The summed E-state index contributed by atoms with van der Waals surface area (Å²) in [5.74, 6) is 0.270. The lowest BCUT2D eigenvalue weighted by atomic mass is 10.3. The number of carbonyl (C=O) groups is 1. The summed E-state index contributed by atoms with van der Waals surface area (Å²) >= 11 is 1.42. The highest BCUT2D eigenvalue weighted by Crippen LogP contribution is 2.33. The molecule has 20 heavy (non-hydrogen) atoms. The maximum absolute atomic E-state index is 12.4. The lowest BCUT2D eigenvalue weighted by Crippen LogP contribution is -2.28. The SMILES string of the molecule is CCCCN(C)S(=O)(=O)c1ccc2c(c1)NC(=O)CS2. The molecular formula is C13H18N2O3S2. The fourth-order valence-corrected chi connectivity index (χ4v) is 3.93. The first kappa shape index (κ1) is 15.3. The van der Waals surface area contributed by atoms with E-state index in [1.807, 2.05) is 6.92 Å². The molecule has 0 atom stereocenters. The van der Waals surface area contributed by atoms with Crippen molar-refractivity contribution in [3.8, 4) is 0 Å². The Morgan fingerprint density at radius 2 is 2.15 bits per heavy atom. The standard InChI is InChI=1S/C13H18N2O3S2/c1-3-4-7-15(2)20(17,18)10-5-6-12-11(8-10)14-13(16)9-19-12/h5-6,8H,3-4,7,9H2,1-2H3,(H,14,16). The first-order valence-electron chi connectivity index (χ1n) is 6.48. The van der Waals surface area contributed by atoms with Crippen molar-refractivity contribution in [2.45, 2.75) is 29.6 Å². The van der Waals surface area contributed by atoms with Gasteiger partial charge in [0.25, 0.3) is 0 Å². The first-order chi connectivity index (χ1) is 9.45. The summed E-state index contributed by atoms with van der Waals surface area (Å²) in [6.45, 7) is 2.52. The van der Waals surface area contributed by atoms with Crippen LogP contribution in [0, 0.1) is 0 Å². The van der Waals surface area contributed by atoms with E-state index in [-0.39, 0.29) is 10.8 Å². The van der Waals surface area contributed by atoms with E-state index in [0.29, 0.717) is 18.0 Å². The predicted octanol–water partition coefficient (Wildman–Crippen LogP) is 2.15. The fraction of sp³-hybridized carbons (Fsp3) is 0.462. The highest BCUT2D eigenvalue weighted by atomic mass is 32.2. The van der Waals surface area contributed by atoms with Crippen LogP contribution in [-0.2, 0) is 14.8 Å². The smallest absolute Gasteiger partial charge is 0.242 e. The maximum Gasteiger partial charge on any atom is 0.242 e.